The summed E-state index contributed by atoms with van der Waals surface area (Å²) in [7, 11) is 1.36. The van der Waals surface area contributed by atoms with E-state index < -0.39 is 11.2 Å². The lowest BCUT2D eigenvalue weighted by atomic mass is 10.2. The van der Waals surface area contributed by atoms with Gasteiger partial charge in [-0.2, -0.15) is 0 Å². The summed E-state index contributed by atoms with van der Waals surface area (Å²) in [5.74, 6) is -0.257. The molecular weight excluding hydrogens is 238 g/mol. The zero-order valence-corrected chi connectivity index (χ0v) is 10.1. The van der Waals surface area contributed by atoms with Crippen molar-refractivity contribution in [2.24, 2.45) is 0 Å². The van der Waals surface area contributed by atoms with Gasteiger partial charge in [0, 0.05) is 6.07 Å². The summed E-state index contributed by atoms with van der Waals surface area (Å²) in [5.41, 5.74) is -0.481. The minimum Gasteiger partial charge on any atom is -0.502 e. The fourth-order valence-corrected chi connectivity index (χ4v) is 2.15. The molecule has 0 aliphatic carbocycles. The average molecular weight is 253 g/mol. The Kier molecular flexibility index (Phi) is 3.66. The Balaban J connectivity index is 2.10. The van der Waals surface area contributed by atoms with Crippen LogP contribution in [0.1, 0.15) is 18.6 Å². The first-order valence-electron chi connectivity index (χ1n) is 5.74. The van der Waals surface area contributed by atoms with E-state index in [2.05, 4.69) is 0 Å². The van der Waals surface area contributed by atoms with Crippen molar-refractivity contribution in [1.29, 1.82) is 0 Å². The molecule has 2 heterocycles. The van der Waals surface area contributed by atoms with Crippen LogP contribution in [0.3, 0.4) is 0 Å². The molecule has 1 aromatic heterocycles. The van der Waals surface area contributed by atoms with Crippen molar-refractivity contribution in [3.8, 4) is 5.75 Å². The monoisotopic (exact) mass is 253 g/mol. The van der Waals surface area contributed by atoms with Gasteiger partial charge in [-0.25, -0.2) is 0 Å². The Morgan fingerprint density at radius 3 is 3.11 bits per heavy atom. The highest BCUT2D eigenvalue weighted by Gasteiger charge is 2.31. The Morgan fingerprint density at radius 1 is 1.67 bits per heavy atom. The van der Waals surface area contributed by atoms with Gasteiger partial charge in [-0.3, -0.25) is 14.5 Å². The van der Waals surface area contributed by atoms with Gasteiger partial charge in [-0.1, -0.05) is 0 Å². The summed E-state index contributed by atoms with van der Waals surface area (Å²) < 4.78 is 9.85. The van der Waals surface area contributed by atoms with Crippen LogP contribution in [0.2, 0.25) is 0 Å². The van der Waals surface area contributed by atoms with Gasteiger partial charge in [0.25, 0.3) is 0 Å². The molecule has 0 saturated carbocycles. The maximum atomic E-state index is 11.5. The number of carbonyl (C=O) groups is 1. The van der Waals surface area contributed by atoms with Crippen LogP contribution in [-0.2, 0) is 16.1 Å². The first-order valence-corrected chi connectivity index (χ1v) is 5.74. The average Bonchev–Trinajstić information content (AvgIpc) is 2.81. The first kappa shape index (κ1) is 12.6. The van der Waals surface area contributed by atoms with Gasteiger partial charge in [0.05, 0.1) is 13.7 Å². The summed E-state index contributed by atoms with van der Waals surface area (Å²) in [4.78, 5) is 24.7. The zero-order chi connectivity index (χ0) is 13.1. The highest BCUT2D eigenvalue weighted by atomic mass is 16.5. The van der Waals surface area contributed by atoms with Crippen molar-refractivity contribution in [1.82, 2.24) is 4.90 Å². The molecular formula is C12H15NO5. The molecule has 1 fully saturated rings. The number of methoxy groups -OCH3 is 1. The van der Waals surface area contributed by atoms with Crippen LogP contribution < -0.4 is 5.43 Å². The molecule has 0 bridgehead atoms. The van der Waals surface area contributed by atoms with Crippen molar-refractivity contribution in [3.63, 3.8) is 0 Å². The predicted molar refractivity (Wildman–Crippen MR) is 62.1 cm³/mol. The van der Waals surface area contributed by atoms with Gasteiger partial charge in [0.15, 0.2) is 5.75 Å². The molecule has 1 aliphatic rings. The van der Waals surface area contributed by atoms with Crippen molar-refractivity contribution < 1.29 is 19.1 Å². The van der Waals surface area contributed by atoms with E-state index in [1.165, 1.54) is 13.2 Å². The minimum atomic E-state index is -0.481. The fourth-order valence-electron chi connectivity index (χ4n) is 2.15. The molecule has 0 aromatic carbocycles. The molecule has 1 unspecified atom stereocenters. The molecule has 98 valence electrons. The number of hydrogen-bond acceptors (Lipinski definition) is 6. The number of hydrogen-bond donors (Lipinski definition) is 1. The van der Waals surface area contributed by atoms with Crippen LogP contribution >= 0.6 is 0 Å². The minimum absolute atomic E-state index is 0.270. The van der Waals surface area contributed by atoms with Crippen LogP contribution in [0, 0.1) is 0 Å². The molecule has 1 aliphatic heterocycles. The molecule has 1 aromatic rings. The lowest BCUT2D eigenvalue weighted by Gasteiger charge is -2.21. The Morgan fingerprint density at radius 2 is 2.44 bits per heavy atom. The second-order valence-electron chi connectivity index (χ2n) is 4.25. The number of esters is 1. The molecule has 1 N–H and O–H groups in total. The highest BCUT2D eigenvalue weighted by Crippen LogP contribution is 2.21. The maximum Gasteiger partial charge on any atom is 0.323 e. The van der Waals surface area contributed by atoms with E-state index in [9.17, 15) is 9.59 Å². The SMILES string of the molecule is COC(=O)C1CCCN1Cc1cc(=O)c(O)co1. The molecule has 0 radical (unpaired) electrons. The summed E-state index contributed by atoms with van der Waals surface area (Å²) in [5, 5.41) is 9.09. The van der Waals surface area contributed by atoms with Crippen molar-refractivity contribution in [2.75, 3.05) is 13.7 Å². The standard InChI is InChI=1S/C12H15NO5/c1-17-12(16)9-3-2-4-13(9)6-8-5-10(14)11(15)7-18-8/h5,7,9,15H,2-4,6H2,1H3. The van der Waals surface area contributed by atoms with Gasteiger partial charge in [-0.05, 0) is 19.4 Å². The fraction of sp³-hybridized carbons (Fsp3) is 0.500. The largest absolute Gasteiger partial charge is 0.502 e. The molecule has 0 spiro atoms. The number of ether oxygens (including phenoxy) is 1. The molecule has 1 saturated heterocycles. The summed E-state index contributed by atoms with van der Waals surface area (Å²) >= 11 is 0. The molecule has 18 heavy (non-hydrogen) atoms. The second kappa shape index (κ2) is 5.22. The van der Waals surface area contributed by atoms with E-state index in [4.69, 9.17) is 14.3 Å². The molecule has 1 atom stereocenters. The lowest BCUT2D eigenvalue weighted by molar-refractivity contribution is -0.146. The molecule has 0 amide bonds. The topological polar surface area (TPSA) is 80.0 Å². The third-order valence-electron chi connectivity index (χ3n) is 3.06. The van der Waals surface area contributed by atoms with Crippen LogP contribution in [0.4, 0.5) is 0 Å². The van der Waals surface area contributed by atoms with E-state index in [0.29, 0.717) is 12.3 Å². The first-order chi connectivity index (χ1) is 8.61. The van der Waals surface area contributed by atoms with Crippen LogP contribution in [0.15, 0.2) is 21.5 Å². The number of rotatable bonds is 3. The number of likely N-dealkylation sites (tertiary alicyclic amines) is 1. The van der Waals surface area contributed by atoms with Gasteiger partial charge in [-0.15, -0.1) is 0 Å². The number of carbonyl (C=O) groups excluding carboxylic acids is 1. The third-order valence-corrected chi connectivity index (χ3v) is 3.06. The van der Waals surface area contributed by atoms with Crippen molar-refractivity contribution in [3.05, 3.63) is 28.3 Å². The van der Waals surface area contributed by atoms with Gasteiger partial charge in [0.2, 0.25) is 5.43 Å². The second-order valence-corrected chi connectivity index (χ2v) is 4.25. The Bertz CT molecular complexity index is 495. The summed E-state index contributed by atoms with van der Waals surface area (Å²) in [6, 6.07) is 0.955. The van der Waals surface area contributed by atoms with Crippen molar-refractivity contribution in [2.45, 2.75) is 25.4 Å². The molecule has 6 heteroatoms. The third kappa shape index (κ3) is 2.53. The van der Waals surface area contributed by atoms with Crippen LogP contribution in [0.5, 0.6) is 5.75 Å². The van der Waals surface area contributed by atoms with E-state index in [0.717, 1.165) is 25.6 Å². The van der Waals surface area contributed by atoms with Crippen LogP contribution in [0.25, 0.3) is 0 Å². The Hall–Kier alpha value is -1.82. The highest BCUT2D eigenvalue weighted by molar-refractivity contribution is 5.75. The lowest BCUT2D eigenvalue weighted by Crippen LogP contribution is -2.36. The quantitative estimate of drug-likeness (QED) is 0.789. The van der Waals surface area contributed by atoms with E-state index in [-0.39, 0.29) is 12.0 Å². The van der Waals surface area contributed by atoms with Gasteiger partial charge in [0.1, 0.15) is 18.1 Å². The van der Waals surface area contributed by atoms with Gasteiger partial charge >= 0.3 is 5.97 Å². The normalized spacial score (nSPS) is 19.9. The smallest absolute Gasteiger partial charge is 0.323 e. The predicted octanol–water partition coefficient (Wildman–Crippen LogP) is 0.483. The van der Waals surface area contributed by atoms with E-state index in [1.54, 1.807) is 0 Å². The van der Waals surface area contributed by atoms with E-state index >= 15 is 0 Å². The van der Waals surface area contributed by atoms with Crippen LogP contribution in [-0.4, -0.2) is 35.7 Å². The number of nitrogens with zero attached hydrogens (tertiary/aromatic N) is 1. The molecule has 2 rings (SSSR count). The van der Waals surface area contributed by atoms with Crippen molar-refractivity contribution >= 4 is 5.97 Å². The molecule has 6 nitrogen and oxygen atoms in total. The number of aromatic hydroxyl groups is 1. The van der Waals surface area contributed by atoms with E-state index in [1.807, 2.05) is 4.90 Å². The van der Waals surface area contributed by atoms with Gasteiger partial charge < -0.3 is 14.3 Å². The Labute approximate surface area is 104 Å². The zero-order valence-electron chi connectivity index (χ0n) is 10.1. The summed E-state index contributed by atoms with van der Waals surface area (Å²) in [6.07, 6.45) is 2.66. The maximum absolute atomic E-state index is 11.5. The summed E-state index contributed by atoms with van der Waals surface area (Å²) in [6.45, 7) is 1.11.